The summed E-state index contributed by atoms with van der Waals surface area (Å²) in [4.78, 5) is 15.5. The molecule has 0 fully saturated rings. The first kappa shape index (κ1) is 12.2. The molecule has 18 heavy (non-hydrogen) atoms. The van der Waals surface area contributed by atoms with Crippen molar-refractivity contribution in [2.24, 2.45) is 0 Å². The molecular formula is C10H11N5O2S. The molecule has 0 aliphatic heterocycles. The van der Waals surface area contributed by atoms with Crippen LogP contribution in [0, 0.1) is 6.92 Å². The lowest BCUT2D eigenvalue weighted by Crippen LogP contribution is -2.28. The zero-order valence-corrected chi connectivity index (χ0v) is 10.5. The lowest BCUT2D eigenvalue weighted by atomic mass is 10.5. The molecule has 0 spiro atoms. The maximum Gasteiger partial charge on any atom is 0.324 e. The Labute approximate surface area is 107 Å². The van der Waals surface area contributed by atoms with Gasteiger partial charge in [0.25, 0.3) is 5.89 Å². The van der Waals surface area contributed by atoms with Crippen LogP contribution >= 0.6 is 11.3 Å². The summed E-state index contributed by atoms with van der Waals surface area (Å²) >= 11 is 1.48. The van der Waals surface area contributed by atoms with Gasteiger partial charge in [-0.2, -0.15) is 0 Å². The third-order valence-corrected chi connectivity index (χ3v) is 2.66. The topological polar surface area (TPSA) is 92.9 Å². The summed E-state index contributed by atoms with van der Waals surface area (Å²) in [6.07, 6.45) is 1.57. The number of aryl methyl sites for hydroxylation is 1. The third kappa shape index (κ3) is 2.92. The number of carbonyl (C=O) groups excluding carboxylic acids is 1. The lowest BCUT2D eigenvalue weighted by molar-refractivity contribution is 0.252. The van der Waals surface area contributed by atoms with Gasteiger partial charge in [0.15, 0.2) is 0 Å². The first-order chi connectivity index (χ1) is 8.69. The van der Waals surface area contributed by atoms with E-state index in [2.05, 4.69) is 32.4 Å². The minimum Gasteiger partial charge on any atom is -0.401 e. The molecule has 8 heteroatoms. The van der Waals surface area contributed by atoms with Gasteiger partial charge < -0.3 is 9.73 Å². The summed E-state index contributed by atoms with van der Waals surface area (Å²) in [7, 11) is 0. The van der Waals surface area contributed by atoms with E-state index in [1.807, 2.05) is 12.3 Å². The zero-order chi connectivity index (χ0) is 13.0. The Morgan fingerprint density at radius 3 is 3.11 bits per heavy atom. The fourth-order valence-electron chi connectivity index (χ4n) is 1.15. The fraction of sp³-hybridized carbons (Fsp3) is 0.200. The van der Waals surface area contributed by atoms with Crippen molar-refractivity contribution >= 4 is 23.4 Å². The molecule has 2 aromatic rings. The van der Waals surface area contributed by atoms with Gasteiger partial charge in [0.1, 0.15) is 5.69 Å². The van der Waals surface area contributed by atoms with Gasteiger partial charge in [-0.05, 0) is 6.92 Å². The molecule has 0 atom stereocenters. The molecular weight excluding hydrogens is 254 g/mol. The van der Waals surface area contributed by atoms with Crippen molar-refractivity contribution in [2.45, 2.75) is 6.92 Å². The van der Waals surface area contributed by atoms with Crippen LogP contribution in [0.3, 0.4) is 0 Å². The number of urea groups is 1. The molecule has 2 heterocycles. The molecule has 0 saturated heterocycles. The average molecular weight is 265 g/mol. The smallest absolute Gasteiger partial charge is 0.324 e. The SMILES string of the molecule is C=CCNC(=O)Nc1nnc(-c2csc(C)n2)o1. The summed E-state index contributed by atoms with van der Waals surface area (Å²) in [6.45, 7) is 5.73. The summed E-state index contributed by atoms with van der Waals surface area (Å²) in [5, 5.41) is 15.1. The Hall–Kier alpha value is -2.22. The molecule has 0 unspecified atom stereocenters. The van der Waals surface area contributed by atoms with Crippen molar-refractivity contribution in [3.05, 3.63) is 23.0 Å². The van der Waals surface area contributed by atoms with E-state index in [0.717, 1.165) is 5.01 Å². The Morgan fingerprint density at radius 2 is 2.44 bits per heavy atom. The van der Waals surface area contributed by atoms with Crippen LogP contribution in [-0.2, 0) is 0 Å². The number of rotatable bonds is 4. The van der Waals surface area contributed by atoms with E-state index in [9.17, 15) is 4.79 Å². The van der Waals surface area contributed by atoms with Gasteiger partial charge in [-0.25, -0.2) is 9.78 Å². The van der Waals surface area contributed by atoms with Gasteiger partial charge >= 0.3 is 12.0 Å². The molecule has 2 aromatic heterocycles. The summed E-state index contributed by atoms with van der Waals surface area (Å²) in [5.74, 6) is 0.276. The van der Waals surface area contributed by atoms with Crippen molar-refractivity contribution in [2.75, 3.05) is 11.9 Å². The predicted molar refractivity (Wildman–Crippen MR) is 67.4 cm³/mol. The predicted octanol–water partition coefficient (Wildman–Crippen LogP) is 1.81. The summed E-state index contributed by atoms with van der Waals surface area (Å²) in [6, 6.07) is -0.406. The largest absolute Gasteiger partial charge is 0.401 e. The molecule has 0 aliphatic carbocycles. The number of nitrogens with one attached hydrogen (secondary N) is 2. The van der Waals surface area contributed by atoms with Crippen LogP contribution in [0.1, 0.15) is 5.01 Å². The van der Waals surface area contributed by atoms with Crippen molar-refractivity contribution < 1.29 is 9.21 Å². The molecule has 0 saturated carbocycles. The van der Waals surface area contributed by atoms with Crippen molar-refractivity contribution in [1.82, 2.24) is 20.5 Å². The van der Waals surface area contributed by atoms with Crippen LogP contribution in [0.2, 0.25) is 0 Å². The van der Waals surface area contributed by atoms with Gasteiger partial charge in [-0.3, -0.25) is 5.32 Å². The zero-order valence-electron chi connectivity index (χ0n) is 9.64. The fourth-order valence-corrected chi connectivity index (χ4v) is 1.73. The number of thiazole rings is 1. The highest BCUT2D eigenvalue weighted by atomic mass is 32.1. The van der Waals surface area contributed by atoms with E-state index >= 15 is 0 Å². The summed E-state index contributed by atoms with van der Waals surface area (Å²) < 4.78 is 5.26. The molecule has 94 valence electrons. The highest BCUT2D eigenvalue weighted by molar-refractivity contribution is 7.09. The Balaban J connectivity index is 2.02. The van der Waals surface area contributed by atoms with E-state index in [1.54, 1.807) is 6.08 Å². The number of hydrogen-bond donors (Lipinski definition) is 2. The normalized spacial score (nSPS) is 10.1. The minimum atomic E-state index is -0.431. The number of amides is 2. The Bertz CT molecular complexity index is 562. The van der Waals surface area contributed by atoms with E-state index in [-0.39, 0.29) is 11.9 Å². The van der Waals surface area contributed by atoms with Gasteiger partial charge in [-0.15, -0.1) is 23.0 Å². The Morgan fingerprint density at radius 1 is 1.61 bits per heavy atom. The van der Waals surface area contributed by atoms with E-state index in [0.29, 0.717) is 12.2 Å². The first-order valence-corrected chi connectivity index (χ1v) is 5.99. The van der Waals surface area contributed by atoms with Crippen molar-refractivity contribution in [3.8, 4) is 11.6 Å². The molecule has 0 bridgehead atoms. The average Bonchev–Trinajstić information content (AvgIpc) is 2.95. The third-order valence-electron chi connectivity index (χ3n) is 1.89. The molecule has 2 N–H and O–H groups in total. The second-order valence-electron chi connectivity index (χ2n) is 3.29. The lowest BCUT2D eigenvalue weighted by Gasteiger charge is -1.99. The van der Waals surface area contributed by atoms with Gasteiger partial charge in [0.2, 0.25) is 0 Å². The van der Waals surface area contributed by atoms with Gasteiger partial charge in [0, 0.05) is 11.9 Å². The maximum atomic E-state index is 11.3. The van der Waals surface area contributed by atoms with Crippen LogP contribution in [0.5, 0.6) is 0 Å². The number of nitrogens with zero attached hydrogens (tertiary/aromatic N) is 3. The van der Waals surface area contributed by atoms with Crippen LogP contribution < -0.4 is 10.6 Å². The van der Waals surface area contributed by atoms with Crippen LogP contribution in [-0.4, -0.2) is 27.8 Å². The van der Waals surface area contributed by atoms with Gasteiger partial charge in [0.05, 0.1) is 5.01 Å². The highest BCUT2D eigenvalue weighted by Crippen LogP contribution is 2.21. The second-order valence-corrected chi connectivity index (χ2v) is 4.35. The van der Waals surface area contributed by atoms with Gasteiger partial charge in [-0.1, -0.05) is 11.2 Å². The van der Waals surface area contributed by atoms with Crippen molar-refractivity contribution in [3.63, 3.8) is 0 Å². The summed E-state index contributed by atoms with van der Waals surface area (Å²) in [5.41, 5.74) is 0.601. The molecule has 0 aliphatic rings. The Kier molecular flexibility index (Phi) is 3.68. The number of anilines is 1. The molecule has 0 aromatic carbocycles. The quantitative estimate of drug-likeness (QED) is 0.822. The van der Waals surface area contributed by atoms with E-state index < -0.39 is 6.03 Å². The highest BCUT2D eigenvalue weighted by Gasteiger charge is 2.12. The van der Waals surface area contributed by atoms with Crippen LogP contribution in [0.25, 0.3) is 11.6 Å². The number of aromatic nitrogens is 3. The molecule has 0 radical (unpaired) electrons. The maximum absolute atomic E-state index is 11.3. The first-order valence-electron chi connectivity index (χ1n) is 5.11. The van der Waals surface area contributed by atoms with Crippen molar-refractivity contribution in [1.29, 1.82) is 0 Å². The van der Waals surface area contributed by atoms with Crippen LogP contribution in [0.15, 0.2) is 22.5 Å². The number of hydrogen-bond acceptors (Lipinski definition) is 6. The standard InChI is InChI=1S/C10H11N5O2S/c1-3-4-11-9(16)13-10-15-14-8(17-10)7-5-18-6(2)12-7/h3,5H,1,4H2,2H3,(H2,11,13,15,16). The molecule has 7 nitrogen and oxygen atoms in total. The van der Waals surface area contributed by atoms with E-state index in [4.69, 9.17) is 4.42 Å². The molecule has 2 rings (SSSR count). The van der Waals surface area contributed by atoms with Crippen LogP contribution in [0.4, 0.5) is 10.8 Å². The molecule has 2 amide bonds. The minimum absolute atomic E-state index is 0.0252. The monoisotopic (exact) mass is 265 g/mol. The van der Waals surface area contributed by atoms with E-state index in [1.165, 1.54) is 11.3 Å². The second kappa shape index (κ2) is 5.41. The number of carbonyl (C=O) groups is 1.